The minimum absolute atomic E-state index is 0.0544. The van der Waals surface area contributed by atoms with Gasteiger partial charge in [0.05, 0.1) is 50.8 Å². The molecule has 0 aliphatic carbocycles. The molecule has 3 heterocycles. The average molecular weight is 883 g/mol. The molecule has 336 valence electrons. The summed E-state index contributed by atoms with van der Waals surface area (Å²) in [4.78, 5) is 81.1. The number of fused-ring (bicyclic) bond motifs is 1. The second-order valence-corrected chi connectivity index (χ2v) is 15.5. The smallest absolute Gasteiger partial charge is 0.264 e. The summed E-state index contributed by atoms with van der Waals surface area (Å²) in [6.45, 7) is 4.82. The van der Waals surface area contributed by atoms with Crippen molar-refractivity contribution in [1.29, 1.82) is 0 Å². The lowest BCUT2D eigenvalue weighted by molar-refractivity contribution is -0.136. The fourth-order valence-corrected chi connectivity index (χ4v) is 7.44. The number of Topliss-reactive ketones (excluding diaryl/α,β-unsaturated/α-hetero) is 2. The van der Waals surface area contributed by atoms with Crippen molar-refractivity contribution in [3.8, 4) is 17.2 Å². The fourth-order valence-electron chi connectivity index (χ4n) is 7.44. The van der Waals surface area contributed by atoms with E-state index < -0.39 is 29.7 Å². The lowest BCUT2D eigenvalue weighted by Crippen LogP contribution is -2.54. The zero-order valence-electron chi connectivity index (χ0n) is 36.0. The largest absolute Gasteiger partial charge is 0.491 e. The van der Waals surface area contributed by atoms with Gasteiger partial charge in [-0.15, -0.1) is 0 Å². The topological polar surface area (TPSA) is 189 Å². The Labute approximate surface area is 376 Å². The Bertz CT molecular complexity index is 2510. The molecule has 1 fully saturated rings. The van der Waals surface area contributed by atoms with E-state index in [1.54, 1.807) is 48.7 Å². The van der Waals surface area contributed by atoms with Crippen LogP contribution in [0.3, 0.4) is 0 Å². The van der Waals surface area contributed by atoms with Crippen molar-refractivity contribution in [1.82, 2.24) is 15.2 Å². The molecule has 2 aliphatic rings. The number of ketones is 2. The number of aromatic nitrogens is 1. The molecule has 0 saturated carbocycles. The summed E-state index contributed by atoms with van der Waals surface area (Å²) in [5, 5.41) is 5.33. The SMILES string of the molecule is Cc1cccc(CC(=O)Cc2ccc(Oc3ccnc(C(=O)Cc4ccc(OCCOCCOCCOCCNc5cccc6c5C(=O)N(C5CCC(=O)NC5=O)C6=O)cc4)c3)cc2)c1. The summed E-state index contributed by atoms with van der Waals surface area (Å²) >= 11 is 0. The second-order valence-electron chi connectivity index (χ2n) is 15.5. The van der Waals surface area contributed by atoms with E-state index in [-0.39, 0.29) is 47.6 Å². The highest BCUT2D eigenvalue weighted by Gasteiger charge is 2.45. The summed E-state index contributed by atoms with van der Waals surface area (Å²) in [7, 11) is 0. The molecule has 5 aromatic rings. The molecule has 2 aliphatic heterocycles. The van der Waals surface area contributed by atoms with Crippen molar-refractivity contribution in [2.75, 3.05) is 58.1 Å². The van der Waals surface area contributed by atoms with Gasteiger partial charge >= 0.3 is 0 Å². The minimum atomic E-state index is -1.03. The van der Waals surface area contributed by atoms with Crippen LogP contribution in [0.15, 0.2) is 109 Å². The summed E-state index contributed by atoms with van der Waals surface area (Å²) < 4.78 is 28.6. The van der Waals surface area contributed by atoms with E-state index in [1.165, 1.54) is 0 Å². The van der Waals surface area contributed by atoms with Gasteiger partial charge in [-0.1, -0.05) is 60.2 Å². The van der Waals surface area contributed by atoms with Gasteiger partial charge in [0.2, 0.25) is 11.8 Å². The predicted octanol–water partition coefficient (Wildman–Crippen LogP) is 5.90. The molecule has 0 spiro atoms. The number of aryl methyl sites for hydroxylation is 1. The highest BCUT2D eigenvalue weighted by molar-refractivity contribution is 6.25. The summed E-state index contributed by atoms with van der Waals surface area (Å²) in [6, 6.07) is 29.8. The van der Waals surface area contributed by atoms with E-state index in [2.05, 4.69) is 15.6 Å². The van der Waals surface area contributed by atoms with E-state index in [4.69, 9.17) is 23.7 Å². The summed E-state index contributed by atoms with van der Waals surface area (Å²) in [6.07, 6.45) is 2.57. The number of hydrogen-bond donors (Lipinski definition) is 2. The van der Waals surface area contributed by atoms with Gasteiger partial charge in [-0.2, -0.15) is 0 Å². The standard InChI is InChI=1S/C50H50N4O11/c1-33-4-2-5-36(28-33)30-37(55)29-34-10-14-39(15-11-34)65-40-18-19-51-43(32-40)45(56)31-35-8-12-38(13-9-35)64-27-26-63-25-24-62-23-22-61-21-20-52-42-7-3-6-41-47(42)50(60)54(49(41)59)44-16-17-46(57)53-48(44)58/h2-15,18-19,28,32,44,52H,16-17,20-27,29-31H2,1H3,(H,53,57,58). The third-order valence-electron chi connectivity index (χ3n) is 10.6. The number of ether oxygens (including phenoxy) is 5. The lowest BCUT2D eigenvalue weighted by atomic mass is 10.0. The van der Waals surface area contributed by atoms with Crippen molar-refractivity contribution < 1.29 is 52.5 Å². The molecule has 15 nitrogen and oxygen atoms in total. The number of hydrogen-bond acceptors (Lipinski definition) is 13. The molecule has 15 heteroatoms. The Morgan fingerprint density at radius 3 is 2.08 bits per heavy atom. The van der Waals surface area contributed by atoms with Gasteiger partial charge in [-0.05, 0) is 72.5 Å². The first kappa shape index (κ1) is 45.9. The van der Waals surface area contributed by atoms with Crippen LogP contribution in [0.25, 0.3) is 0 Å². The maximum atomic E-state index is 13.2. The Morgan fingerprint density at radius 2 is 1.35 bits per heavy atom. The van der Waals surface area contributed by atoms with Crippen LogP contribution in [0.2, 0.25) is 0 Å². The van der Waals surface area contributed by atoms with Crippen LogP contribution in [0.4, 0.5) is 5.69 Å². The molecule has 65 heavy (non-hydrogen) atoms. The lowest BCUT2D eigenvalue weighted by Gasteiger charge is -2.27. The van der Waals surface area contributed by atoms with Crippen LogP contribution in [0.5, 0.6) is 17.2 Å². The van der Waals surface area contributed by atoms with Gasteiger partial charge in [0.15, 0.2) is 5.78 Å². The average Bonchev–Trinajstić information content (AvgIpc) is 3.55. The Kier molecular flexibility index (Phi) is 15.9. The number of anilines is 1. The molecule has 1 unspecified atom stereocenters. The number of nitrogens with one attached hydrogen (secondary N) is 2. The predicted molar refractivity (Wildman–Crippen MR) is 238 cm³/mol. The quantitative estimate of drug-likeness (QED) is 0.0424. The zero-order valence-corrected chi connectivity index (χ0v) is 36.0. The Morgan fingerprint density at radius 1 is 0.692 bits per heavy atom. The monoisotopic (exact) mass is 882 g/mol. The van der Waals surface area contributed by atoms with Crippen LogP contribution in [-0.2, 0) is 47.9 Å². The Balaban J connectivity index is 0.722. The van der Waals surface area contributed by atoms with Crippen LogP contribution >= 0.6 is 0 Å². The normalized spacial score (nSPS) is 14.5. The second kappa shape index (κ2) is 22.5. The third-order valence-corrected chi connectivity index (χ3v) is 10.6. The van der Waals surface area contributed by atoms with Crippen LogP contribution in [0.1, 0.15) is 66.3 Å². The van der Waals surface area contributed by atoms with Gasteiger partial charge in [-0.3, -0.25) is 44.0 Å². The molecule has 1 aromatic heterocycles. The number of piperidine rings is 1. The molecule has 2 N–H and O–H groups in total. The number of imide groups is 2. The van der Waals surface area contributed by atoms with E-state index in [0.717, 1.165) is 27.2 Å². The fraction of sp³-hybridized carbons (Fsp3) is 0.300. The van der Waals surface area contributed by atoms with E-state index in [1.807, 2.05) is 67.6 Å². The van der Waals surface area contributed by atoms with E-state index in [0.29, 0.717) is 88.6 Å². The maximum absolute atomic E-state index is 13.2. The molecule has 1 saturated heterocycles. The Hall–Kier alpha value is -7.07. The number of amides is 4. The van der Waals surface area contributed by atoms with Crippen molar-refractivity contribution in [2.24, 2.45) is 0 Å². The first-order chi connectivity index (χ1) is 31.6. The summed E-state index contributed by atoms with van der Waals surface area (Å²) in [5.41, 5.74) is 5.01. The number of carbonyl (C=O) groups excluding carboxylic acids is 6. The minimum Gasteiger partial charge on any atom is -0.491 e. The highest BCUT2D eigenvalue weighted by atomic mass is 16.6. The van der Waals surface area contributed by atoms with Gasteiger partial charge in [0.25, 0.3) is 11.8 Å². The molecule has 4 aromatic carbocycles. The molecule has 7 rings (SSSR count). The first-order valence-electron chi connectivity index (χ1n) is 21.5. The van der Waals surface area contributed by atoms with Crippen molar-refractivity contribution in [2.45, 2.75) is 45.1 Å². The number of carbonyl (C=O) groups is 6. The van der Waals surface area contributed by atoms with Crippen LogP contribution < -0.4 is 20.1 Å². The number of rotatable bonds is 24. The van der Waals surface area contributed by atoms with Gasteiger partial charge in [-0.25, -0.2) is 0 Å². The molecular weight excluding hydrogens is 833 g/mol. The van der Waals surface area contributed by atoms with Crippen molar-refractivity contribution >= 4 is 40.9 Å². The number of pyridine rings is 1. The molecule has 1 atom stereocenters. The van der Waals surface area contributed by atoms with Crippen molar-refractivity contribution in [3.63, 3.8) is 0 Å². The first-order valence-corrected chi connectivity index (χ1v) is 21.5. The maximum Gasteiger partial charge on any atom is 0.264 e. The zero-order chi connectivity index (χ0) is 45.5. The third kappa shape index (κ3) is 12.8. The van der Waals surface area contributed by atoms with Crippen LogP contribution in [0, 0.1) is 6.92 Å². The molecule has 0 radical (unpaired) electrons. The number of benzene rings is 4. The molecule has 0 bridgehead atoms. The van der Waals surface area contributed by atoms with Gasteiger partial charge < -0.3 is 29.0 Å². The molecule has 4 amide bonds. The van der Waals surface area contributed by atoms with Crippen LogP contribution in [-0.4, -0.2) is 104 Å². The summed E-state index contributed by atoms with van der Waals surface area (Å²) in [5.74, 6) is -0.510. The van der Waals surface area contributed by atoms with Gasteiger partial charge in [0, 0.05) is 50.2 Å². The van der Waals surface area contributed by atoms with E-state index in [9.17, 15) is 28.8 Å². The van der Waals surface area contributed by atoms with Gasteiger partial charge in [0.1, 0.15) is 41.4 Å². The number of nitrogens with zero attached hydrogens (tertiary/aromatic N) is 2. The van der Waals surface area contributed by atoms with Crippen molar-refractivity contribution in [3.05, 3.63) is 148 Å². The molecular formula is C50H50N4O11. The van der Waals surface area contributed by atoms with E-state index >= 15 is 0 Å². The highest BCUT2D eigenvalue weighted by Crippen LogP contribution is 2.32.